The smallest absolute Gasteiger partial charge is 0.229 e. The van der Waals surface area contributed by atoms with E-state index < -0.39 is 0 Å². The van der Waals surface area contributed by atoms with Crippen LogP contribution in [0.15, 0.2) is 24.3 Å². The molecular formula is C14H17Cl2N5. The summed E-state index contributed by atoms with van der Waals surface area (Å²) >= 11 is 11.8. The van der Waals surface area contributed by atoms with Crippen LogP contribution in [0.1, 0.15) is 26.3 Å². The van der Waals surface area contributed by atoms with Crippen LogP contribution >= 0.6 is 23.2 Å². The number of rotatable bonds is 4. The fourth-order valence-electron chi connectivity index (χ4n) is 1.60. The van der Waals surface area contributed by atoms with Crippen LogP contribution in [0.5, 0.6) is 0 Å². The lowest BCUT2D eigenvalue weighted by Crippen LogP contribution is -2.27. The third-order valence-electron chi connectivity index (χ3n) is 2.46. The van der Waals surface area contributed by atoms with E-state index in [9.17, 15) is 0 Å². The van der Waals surface area contributed by atoms with Crippen LogP contribution in [0.25, 0.3) is 0 Å². The van der Waals surface area contributed by atoms with Crippen LogP contribution in [0.2, 0.25) is 10.3 Å². The van der Waals surface area contributed by atoms with Crippen LogP contribution in [0, 0.1) is 0 Å². The van der Waals surface area contributed by atoms with E-state index in [4.69, 9.17) is 23.2 Å². The SMILES string of the molecule is CC(C)(C)Nc1nc(Cl)nc(NCc2ccc(Cl)cc2)n1. The van der Waals surface area contributed by atoms with Gasteiger partial charge in [0.05, 0.1) is 0 Å². The maximum Gasteiger partial charge on any atom is 0.229 e. The minimum absolute atomic E-state index is 0.148. The monoisotopic (exact) mass is 325 g/mol. The summed E-state index contributed by atoms with van der Waals surface area (Å²) in [6, 6.07) is 7.55. The summed E-state index contributed by atoms with van der Waals surface area (Å²) in [5, 5.41) is 7.14. The van der Waals surface area contributed by atoms with Crippen molar-refractivity contribution in [2.24, 2.45) is 0 Å². The summed E-state index contributed by atoms with van der Waals surface area (Å²) < 4.78 is 0. The highest BCUT2D eigenvalue weighted by molar-refractivity contribution is 6.30. The minimum Gasteiger partial charge on any atom is -0.350 e. The van der Waals surface area contributed by atoms with Gasteiger partial charge in [0.1, 0.15) is 0 Å². The predicted octanol–water partition coefficient (Wildman–Crippen LogP) is 4.00. The van der Waals surface area contributed by atoms with Gasteiger partial charge in [-0.3, -0.25) is 0 Å². The summed E-state index contributed by atoms with van der Waals surface area (Å²) in [6.07, 6.45) is 0. The molecule has 0 fully saturated rings. The van der Waals surface area contributed by atoms with E-state index in [1.807, 2.05) is 45.0 Å². The van der Waals surface area contributed by atoms with Crippen LogP contribution in [0.4, 0.5) is 11.9 Å². The standard InChI is InChI=1S/C14H17Cl2N5/c1-14(2,3)21-13-19-11(16)18-12(20-13)17-8-9-4-6-10(15)7-5-9/h4-7H,8H2,1-3H3,(H2,17,18,19,20,21). The lowest BCUT2D eigenvalue weighted by molar-refractivity contribution is 0.625. The Labute approximate surface area is 134 Å². The molecule has 7 heteroatoms. The summed E-state index contributed by atoms with van der Waals surface area (Å²) in [5.74, 6) is 0.873. The Morgan fingerprint density at radius 3 is 2.19 bits per heavy atom. The molecule has 1 heterocycles. The van der Waals surface area contributed by atoms with Crippen molar-refractivity contribution in [3.8, 4) is 0 Å². The van der Waals surface area contributed by atoms with Gasteiger partial charge < -0.3 is 10.6 Å². The first kappa shape index (κ1) is 15.8. The highest BCUT2D eigenvalue weighted by atomic mass is 35.5. The Morgan fingerprint density at radius 1 is 0.952 bits per heavy atom. The molecule has 0 atom stereocenters. The second-order valence-electron chi connectivity index (χ2n) is 5.61. The predicted molar refractivity (Wildman–Crippen MR) is 87.0 cm³/mol. The van der Waals surface area contributed by atoms with E-state index in [0.717, 1.165) is 5.56 Å². The van der Waals surface area contributed by atoms with Crippen molar-refractivity contribution in [2.45, 2.75) is 32.9 Å². The number of anilines is 2. The molecule has 2 N–H and O–H groups in total. The molecule has 0 saturated carbocycles. The average molecular weight is 326 g/mol. The van der Waals surface area contributed by atoms with Crippen LogP contribution in [0.3, 0.4) is 0 Å². The number of halogens is 2. The van der Waals surface area contributed by atoms with Gasteiger partial charge in [-0.1, -0.05) is 23.7 Å². The Morgan fingerprint density at radius 2 is 1.57 bits per heavy atom. The van der Waals surface area contributed by atoms with Crippen molar-refractivity contribution in [3.05, 3.63) is 40.1 Å². The summed E-state index contributed by atoms with van der Waals surface area (Å²) in [4.78, 5) is 12.4. The molecule has 0 unspecified atom stereocenters. The third-order valence-corrected chi connectivity index (χ3v) is 2.88. The molecule has 21 heavy (non-hydrogen) atoms. The van der Waals surface area contributed by atoms with Crippen molar-refractivity contribution in [2.75, 3.05) is 10.6 Å². The first-order chi connectivity index (χ1) is 9.82. The van der Waals surface area contributed by atoms with Gasteiger partial charge in [-0.15, -0.1) is 0 Å². The molecule has 0 spiro atoms. The molecule has 1 aromatic carbocycles. The van der Waals surface area contributed by atoms with Crippen molar-refractivity contribution in [1.29, 1.82) is 0 Å². The summed E-state index contributed by atoms with van der Waals surface area (Å²) in [6.45, 7) is 6.63. The van der Waals surface area contributed by atoms with Crippen molar-refractivity contribution in [1.82, 2.24) is 15.0 Å². The number of hydrogen-bond acceptors (Lipinski definition) is 5. The molecule has 0 bridgehead atoms. The normalized spacial score (nSPS) is 11.3. The highest BCUT2D eigenvalue weighted by Crippen LogP contribution is 2.15. The molecule has 0 radical (unpaired) electrons. The minimum atomic E-state index is -0.155. The van der Waals surface area contributed by atoms with Gasteiger partial charge in [-0.2, -0.15) is 15.0 Å². The van der Waals surface area contributed by atoms with Crippen molar-refractivity contribution < 1.29 is 0 Å². The number of nitrogens with zero attached hydrogens (tertiary/aromatic N) is 3. The summed E-state index contributed by atoms with van der Waals surface area (Å²) in [5.41, 5.74) is 0.916. The maximum atomic E-state index is 5.92. The zero-order chi connectivity index (χ0) is 15.5. The molecule has 0 saturated heterocycles. The average Bonchev–Trinajstić information content (AvgIpc) is 2.35. The molecule has 0 aliphatic carbocycles. The molecule has 112 valence electrons. The van der Waals surface area contributed by atoms with Gasteiger partial charge in [0.25, 0.3) is 0 Å². The number of benzene rings is 1. The second kappa shape index (κ2) is 6.45. The van der Waals surface area contributed by atoms with Gasteiger partial charge >= 0.3 is 0 Å². The first-order valence-corrected chi connectivity index (χ1v) is 7.25. The Hall–Kier alpha value is -1.59. The maximum absolute atomic E-state index is 5.92. The lowest BCUT2D eigenvalue weighted by Gasteiger charge is -2.20. The van der Waals surface area contributed by atoms with Gasteiger partial charge in [0, 0.05) is 17.1 Å². The largest absolute Gasteiger partial charge is 0.350 e. The molecule has 0 aliphatic heterocycles. The quantitative estimate of drug-likeness (QED) is 0.889. The van der Waals surface area contributed by atoms with E-state index in [1.165, 1.54) is 0 Å². The van der Waals surface area contributed by atoms with Crippen LogP contribution in [-0.2, 0) is 6.54 Å². The fraction of sp³-hybridized carbons (Fsp3) is 0.357. The molecule has 1 aromatic heterocycles. The Kier molecular flexibility index (Phi) is 4.85. The van der Waals surface area contributed by atoms with Gasteiger partial charge in [0.2, 0.25) is 17.2 Å². The highest BCUT2D eigenvalue weighted by Gasteiger charge is 2.13. The van der Waals surface area contributed by atoms with Gasteiger partial charge in [-0.25, -0.2) is 0 Å². The molecule has 2 rings (SSSR count). The van der Waals surface area contributed by atoms with Gasteiger partial charge in [0.15, 0.2) is 0 Å². The van der Waals surface area contributed by atoms with E-state index in [1.54, 1.807) is 0 Å². The second-order valence-corrected chi connectivity index (χ2v) is 6.38. The first-order valence-electron chi connectivity index (χ1n) is 6.50. The van der Waals surface area contributed by atoms with Gasteiger partial charge in [-0.05, 0) is 50.1 Å². The van der Waals surface area contributed by atoms with Crippen LogP contribution < -0.4 is 10.6 Å². The topological polar surface area (TPSA) is 62.7 Å². The van der Waals surface area contributed by atoms with E-state index >= 15 is 0 Å². The third kappa shape index (κ3) is 5.36. The van der Waals surface area contributed by atoms with E-state index in [2.05, 4.69) is 25.6 Å². The zero-order valence-electron chi connectivity index (χ0n) is 12.1. The van der Waals surface area contributed by atoms with Crippen molar-refractivity contribution >= 4 is 35.1 Å². The Bertz CT molecular complexity index is 608. The molecular weight excluding hydrogens is 309 g/mol. The molecule has 5 nitrogen and oxygen atoms in total. The number of nitrogens with one attached hydrogen (secondary N) is 2. The lowest BCUT2D eigenvalue weighted by atomic mass is 10.1. The van der Waals surface area contributed by atoms with Crippen LogP contribution in [-0.4, -0.2) is 20.5 Å². The molecule has 0 amide bonds. The van der Waals surface area contributed by atoms with E-state index in [0.29, 0.717) is 23.5 Å². The molecule has 0 aliphatic rings. The number of aromatic nitrogens is 3. The molecule has 2 aromatic rings. The number of hydrogen-bond donors (Lipinski definition) is 2. The fourth-order valence-corrected chi connectivity index (χ4v) is 1.89. The van der Waals surface area contributed by atoms with Crippen molar-refractivity contribution in [3.63, 3.8) is 0 Å². The van der Waals surface area contributed by atoms with E-state index in [-0.39, 0.29) is 10.8 Å². The zero-order valence-corrected chi connectivity index (χ0v) is 13.6. The Balaban J connectivity index is 2.07. The summed E-state index contributed by atoms with van der Waals surface area (Å²) in [7, 11) is 0.